The van der Waals surface area contributed by atoms with Gasteiger partial charge in [0.15, 0.2) is 11.6 Å². The second-order valence-corrected chi connectivity index (χ2v) is 17.5. The van der Waals surface area contributed by atoms with Crippen LogP contribution < -0.4 is 27.0 Å². The lowest BCUT2D eigenvalue weighted by Gasteiger charge is -2.46. The fraction of sp³-hybridized carbons (Fsp3) is 0.783. The average Bonchev–Trinajstić information content (AvgIpc) is 3.18. The molecule has 0 heterocycles. The maximum absolute atomic E-state index is 14.1. The number of rotatable bonds is 31. The molecule has 9 nitrogen and oxygen atoms in total. The van der Waals surface area contributed by atoms with Crippen LogP contribution in [0.25, 0.3) is 0 Å². The number of carbonyl (C=O) groups is 4. The van der Waals surface area contributed by atoms with Crippen LogP contribution >= 0.6 is 0 Å². The summed E-state index contributed by atoms with van der Waals surface area (Å²) in [5.41, 5.74) is 5.72. The average molecular weight is 770 g/mol. The second kappa shape index (κ2) is 24.9. The molecule has 0 aromatic heterocycles. The molecule has 0 aliphatic heterocycles. The lowest BCUT2D eigenvalue weighted by Crippen LogP contribution is -2.58. The lowest BCUT2D eigenvalue weighted by molar-refractivity contribution is -0.129. The van der Waals surface area contributed by atoms with Crippen LogP contribution in [0.3, 0.4) is 0 Å². The maximum atomic E-state index is 14.1. The first-order chi connectivity index (χ1) is 25.9. The maximum Gasteiger partial charge on any atom is 0.251 e. The Bertz CT molecular complexity index is 1300. The minimum atomic E-state index is -0.806. The number of hydrogen-bond acceptors (Lipinski definition) is 7. The Kier molecular flexibility index (Phi) is 22.8. The third-order valence-corrected chi connectivity index (χ3v) is 12.9. The summed E-state index contributed by atoms with van der Waals surface area (Å²) in [6.07, 6.45) is 13.6. The number of benzene rings is 1. The summed E-state index contributed by atoms with van der Waals surface area (Å²) < 4.78 is 0. The third kappa shape index (κ3) is 16.4. The van der Waals surface area contributed by atoms with Crippen LogP contribution in [0.1, 0.15) is 193 Å². The molecule has 1 aromatic carbocycles. The van der Waals surface area contributed by atoms with Crippen molar-refractivity contribution in [2.24, 2.45) is 23.0 Å². The van der Waals surface area contributed by atoms with Gasteiger partial charge in [-0.2, -0.15) is 0 Å². The molecular formula is C46H83N5O4. The highest BCUT2D eigenvalue weighted by Crippen LogP contribution is 2.40. The molecular weight excluding hydrogens is 687 g/mol. The molecule has 0 saturated heterocycles. The lowest BCUT2D eigenvalue weighted by atomic mass is 9.64. The van der Waals surface area contributed by atoms with Crippen molar-refractivity contribution in [1.82, 2.24) is 21.3 Å². The molecule has 5 atom stereocenters. The molecule has 0 bridgehead atoms. The summed E-state index contributed by atoms with van der Waals surface area (Å²) in [5, 5.41) is 13.5. The monoisotopic (exact) mass is 770 g/mol. The van der Waals surface area contributed by atoms with Gasteiger partial charge in [0, 0.05) is 52.5 Å². The second-order valence-electron chi connectivity index (χ2n) is 17.5. The number of hydrogen-bond donors (Lipinski definition) is 5. The molecule has 1 aromatic rings. The highest BCUT2D eigenvalue weighted by atomic mass is 16.2. The number of unbranched alkanes of at least 4 members (excludes halogenated alkanes) is 6. The number of amides is 2. The van der Waals surface area contributed by atoms with Crippen molar-refractivity contribution in [1.29, 1.82) is 0 Å². The largest absolute Gasteiger partial charge is 0.356 e. The van der Waals surface area contributed by atoms with Crippen molar-refractivity contribution in [3.8, 4) is 0 Å². The van der Waals surface area contributed by atoms with E-state index in [0.29, 0.717) is 49.9 Å². The van der Waals surface area contributed by atoms with E-state index >= 15 is 0 Å². The third-order valence-electron chi connectivity index (χ3n) is 12.9. The zero-order chi connectivity index (χ0) is 41.7. The molecule has 1 rings (SSSR count). The molecule has 316 valence electrons. The Labute approximate surface area is 336 Å². The first-order valence-electron chi connectivity index (χ1n) is 21.9. The van der Waals surface area contributed by atoms with Gasteiger partial charge in [-0.1, -0.05) is 86.3 Å². The van der Waals surface area contributed by atoms with Crippen LogP contribution in [-0.4, -0.2) is 66.2 Å². The molecule has 0 spiro atoms. The summed E-state index contributed by atoms with van der Waals surface area (Å²) in [6.45, 7) is 25.9. The van der Waals surface area contributed by atoms with Gasteiger partial charge in [-0.05, 0) is 124 Å². The van der Waals surface area contributed by atoms with Crippen molar-refractivity contribution in [2.75, 3.05) is 26.2 Å². The van der Waals surface area contributed by atoms with E-state index in [2.05, 4.69) is 69.7 Å². The standard InChI is InChI=1S/C46H83N5O4/c1-12-36(26-25-35(6)39(52)45(10,47)15-4)41(54)48-31-21-18-20-24-34-51-46(11,16-5)44(9,14-3)40(53)37-27-29-38(30-28-37)42(55)49-32-22-17-19-23-33-50-43(7,8)13-2/h27-30,35-36,50-51H,12-26,31-34,47H2,1-11H3,(H,48,54)(H,49,55)/t35-,36-,44?,45?,46?/m0/s1. The van der Waals surface area contributed by atoms with Crippen LogP contribution in [0, 0.1) is 17.3 Å². The molecule has 0 aliphatic rings. The van der Waals surface area contributed by atoms with Crippen molar-refractivity contribution in [2.45, 2.75) is 189 Å². The molecule has 0 aliphatic carbocycles. The molecule has 55 heavy (non-hydrogen) atoms. The minimum absolute atomic E-state index is 0.0736. The smallest absolute Gasteiger partial charge is 0.251 e. The van der Waals surface area contributed by atoms with E-state index < -0.39 is 16.5 Å². The van der Waals surface area contributed by atoms with Gasteiger partial charge in [-0.15, -0.1) is 0 Å². The Morgan fingerprint density at radius 1 is 0.618 bits per heavy atom. The molecule has 6 N–H and O–H groups in total. The summed E-state index contributed by atoms with van der Waals surface area (Å²) in [7, 11) is 0. The highest BCUT2D eigenvalue weighted by molar-refractivity contribution is 6.02. The van der Waals surface area contributed by atoms with Gasteiger partial charge < -0.3 is 27.0 Å². The summed E-state index contributed by atoms with van der Waals surface area (Å²) >= 11 is 0. The predicted octanol–water partition coefficient (Wildman–Crippen LogP) is 8.93. The Morgan fingerprint density at radius 3 is 1.62 bits per heavy atom. The van der Waals surface area contributed by atoms with Crippen LogP contribution in [0.5, 0.6) is 0 Å². The first kappa shape index (κ1) is 50.4. The number of nitrogens with one attached hydrogen (secondary N) is 4. The van der Waals surface area contributed by atoms with Crippen LogP contribution in [-0.2, 0) is 9.59 Å². The summed E-state index contributed by atoms with van der Waals surface area (Å²) in [5.74, 6) is -0.0988. The van der Waals surface area contributed by atoms with E-state index in [1.165, 1.54) is 0 Å². The van der Waals surface area contributed by atoms with E-state index in [9.17, 15) is 19.2 Å². The minimum Gasteiger partial charge on any atom is -0.356 e. The van der Waals surface area contributed by atoms with Crippen molar-refractivity contribution in [3.63, 3.8) is 0 Å². The Balaban J connectivity index is 2.51. The molecule has 0 fully saturated rings. The first-order valence-corrected chi connectivity index (χ1v) is 21.9. The van der Waals surface area contributed by atoms with Gasteiger partial charge >= 0.3 is 0 Å². The highest BCUT2D eigenvalue weighted by Gasteiger charge is 2.47. The fourth-order valence-electron chi connectivity index (χ4n) is 7.23. The molecule has 2 amide bonds. The van der Waals surface area contributed by atoms with Gasteiger partial charge in [-0.3, -0.25) is 19.2 Å². The van der Waals surface area contributed by atoms with E-state index in [1.807, 2.05) is 20.8 Å². The van der Waals surface area contributed by atoms with Gasteiger partial charge in [0.1, 0.15) is 0 Å². The topological polar surface area (TPSA) is 142 Å². The van der Waals surface area contributed by atoms with E-state index in [-0.39, 0.29) is 40.8 Å². The van der Waals surface area contributed by atoms with Crippen LogP contribution in [0.15, 0.2) is 24.3 Å². The van der Waals surface area contributed by atoms with Crippen molar-refractivity contribution >= 4 is 23.4 Å². The van der Waals surface area contributed by atoms with Gasteiger partial charge in [0.2, 0.25) is 5.91 Å². The molecule has 0 saturated carbocycles. The van der Waals surface area contributed by atoms with Crippen LogP contribution in [0.2, 0.25) is 0 Å². The summed E-state index contributed by atoms with van der Waals surface area (Å²) in [6, 6.07) is 7.15. The quantitative estimate of drug-likeness (QED) is 0.0375. The predicted molar refractivity (Wildman–Crippen MR) is 231 cm³/mol. The van der Waals surface area contributed by atoms with E-state index in [4.69, 9.17) is 5.73 Å². The molecule has 9 heteroatoms. The SMILES string of the molecule is CC[C@@H](CC[C@H](C)C(=O)C(C)(N)CC)C(=O)NCCCCCCNC(C)(CC)C(C)(CC)C(=O)c1ccc(C(=O)NCCCCCCNC(C)(C)CC)cc1. The van der Waals surface area contributed by atoms with Gasteiger partial charge in [0.05, 0.1) is 5.54 Å². The Hall–Kier alpha value is -2.62. The number of carbonyl (C=O) groups excluding carboxylic acids is 4. The Morgan fingerprint density at radius 2 is 1.13 bits per heavy atom. The number of ketones is 2. The van der Waals surface area contributed by atoms with Crippen LogP contribution in [0.4, 0.5) is 0 Å². The van der Waals surface area contributed by atoms with Crippen molar-refractivity contribution in [3.05, 3.63) is 35.4 Å². The normalized spacial score (nSPS) is 16.3. The molecule has 0 radical (unpaired) electrons. The van der Waals surface area contributed by atoms with E-state index in [1.54, 1.807) is 31.2 Å². The van der Waals surface area contributed by atoms with Gasteiger partial charge in [-0.25, -0.2) is 0 Å². The van der Waals surface area contributed by atoms with E-state index in [0.717, 1.165) is 83.7 Å². The zero-order valence-electron chi connectivity index (χ0n) is 37.1. The number of nitrogens with two attached hydrogens (primary N) is 1. The van der Waals surface area contributed by atoms with Crippen molar-refractivity contribution < 1.29 is 19.2 Å². The number of Topliss-reactive ketones (excluding diaryl/α,β-unsaturated/α-hetero) is 2. The zero-order valence-corrected chi connectivity index (χ0v) is 37.1. The molecule has 3 unspecified atom stereocenters. The summed E-state index contributed by atoms with van der Waals surface area (Å²) in [4.78, 5) is 52.4. The van der Waals surface area contributed by atoms with Gasteiger partial charge in [0.25, 0.3) is 5.91 Å². The fourth-order valence-corrected chi connectivity index (χ4v) is 7.23.